The van der Waals surface area contributed by atoms with Gasteiger partial charge in [0.05, 0.1) is 18.6 Å². The fourth-order valence-corrected chi connectivity index (χ4v) is 4.68. The van der Waals surface area contributed by atoms with E-state index in [9.17, 15) is 18.0 Å². The minimum Gasteiger partial charge on any atom is -0.469 e. The van der Waals surface area contributed by atoms with Crippen LogP contribution in [0, 0.1) is 17.8 Å². The summed E-state index contributed by atoms with van der Waals surface area (Å²) >= 11 is 0. The zero-order chi connectivity index (χ0) is 18.5. The number of rotatable bonds is 3. The van der Waals surface area contributed by atoms with Crippen LogP contribution in [0.25, 0.3) is 0 Å². The highest BCUT2D eigenvalue weighted by Crippen LogP contribution is 2.54. The number of hydrogen-bond donors (Lipinski definition) is 1. The van der Waals surface area contributed by atoms with Crippen molar-refractivity contribution in [3.63, 3.8) is 0 Å². The molecule has 1 N–H and O–H groups in total. The highest BCUT2D eigenvalue weighted by Gasteiger charge is 2.60. The predicted octanol–water partition coefficient (Wildman–Crippen LogP) is 3.03. The molecule has 0 spiro atoms. The number of anilines is 1. The Morgan fingerprint density at radius 3 is 2.42 bits per heavy atom. The van der Waals surface area contributed by atoms with Crippen molar-refractivity contribution in [2.24, 2.45) is 17.8 Å². The molecule has 3 aliphatic rings. The van der Waals surface area contributed by atoms with Crippen molar-refractivity contribution in [1.29, 1.82) is 0 Å². The summed E-state index contributed by atoms with van der Waals surface area (Å²) in [6.45, 7) is 3.04. The van der Waals surface area contributed by atoms with E-state index in [0.717, 1.165) is 31.5 Å². The molecular formula is C19H23F3N2O2. The lowest BCUT2D eigenvalue weighted by molar-refractivity contribution is -0.143. The average molecular weight is 368 g/mol. The number of piperidine rings is 2. The Morgan fingerprint density at radius 1 is 1.19 bits per heavy atom. The summed E-state index contributed by atoms with van der Waals surface area (Å²) < 4.78 is 44.5. The molecule has 2 aliphatic heterocycles. The number of nitrogens with zero attached hydrogens (tertiary/aromatic N) is 1. The van der Waals surface area contributed by atoms with Crippen LogP contribution >= 0.6 is 0 Å². The van der Waals surface area contributed by atoms with E-state index >= 15 is 0 Å². The van der Waals surface area contributed by atoms with Crippen molar-refractivity contribution >= 4 is 11.7 Å². The van der Waals surface area contributed by atoms with Crippen LogP contribution < -0.4 is 10.2 Å². The lowest BCUT2D eigenvalue weighted by atomic mass is 9.88. The average Bonchev–Trinajstić information content (AvgIpc) is 3.14. The molecule has 0 amide bonds. The van der Waals surface area contributed by atoms with Crippen molar-refractivity contribution in [2.75, 3.05) is 38.2 Å². The number of carbonyl (C=O) groups is 1. The first kappa shape index (κ1) is 17.6. The molecule has 26 heavy (non-hydrogen) atoms. The van der Waals surface area contributed by atoms with Crippen LogP contribution in [0.2, 0.25) is 0 Å². The van der Waals surface area contributed by atoms with Gasteiger partial charge in [-0.05, 0) is 61.4 Å². The van der Waals surface area contributed by atoms with E-state index < -0.39 is 11.7 Å². The zero-order valence-electron chi connectivity index (χ0n) is 14.7. The monoisotopic (exact) mass is 368 g/mol. The smallest absolute Gasteiger partial charge is 0.416 e. The van der Waals surface area contributed by atoms with Gasteiger partial charge in [0.15, 0.2) is 0 Å². The van der Waals surface area contributed by atoms with E-state index in [1.165, 1.54) is 19.2 Å². The first-order valence-corrected chi connectivity index (χ1v) is 9.14. The van der Waals surface area contributed by atoms with Gasteiger partial charge in [0, 0.05) is 18.8 Å². The highest BCUT2D eigenvalue weighted by atomic mass is 19.4. The summed E-state index contributed by atoms with van der Waals surface area (Å²) in [5.41, 5.74) is 1.10. The molecule has 3 atom stereocenters. The number of carbonyl (C=O) groups excluding carboxylic acids is 1. The second kappa shape index (κ2) is 6.44. The first-order chi connectivity index (χ1) is 12.4. The highest BCUT2D eigenvalue weighted by molar-refractivity contribution is 5.77. The molecule has 2 heterocycles. The minimum absolute atomic E-state index is 0.0793. The van der Waals surface area contributed by atoms with Crippen LogP contribution in [-0.2, 0) is 15.7 Å². The Morgan fingerprint density at radius 2 is 1.85 bits per heavy atom. The fourth-order valence-electron chi connectivity index (χ4n) is 4.68. The predicted molar refractivity (Wildman–Crippen MR) is 91.0 cm³/mol. The van der Waals surface area contributed by atoms with Gasteiger partial charge in [-0.2, -0.15) is 13.2 Å². The Kier molecular flexibility index (Phi) is 4.37. The first-order valence-electron chi connectivity index (χ1n) is 9.14. The third-order valence-corrected chi connectivity index (χ3v) is 6.14. The van der Waals surface area contributed by atoms with Crippen LogP contribution in [0.3, 0.4) is 0 Å². The molecule has 1 aromatic rings. The van der Waals surface area contributed by atoms with E-state index in [0.29, 0.717) is 18.8 Å². The molecule has 4 nitrogen and oxygen atoms in total. The standard InChI is InChI=1S/C19H23F3N2O2/c1-26-18(25)17-14-9-24(10-15(14)17)16-8-12(19(20,21)22)2-3-13(16)11-4-6-23-7-5-11/h2-3,8,11,14-15,17,23H,4-7,9-10H2,1H3/t14-,15+,17+. The number of hydrogen-bond acceptors (Lipinski definition) is 4. The maximum Gasteiger partial charge on any atom is 0.416 e. The number of ether oxygens (including phenoxy) is 1. The number of esters is 1. The lowest BCUT2D eigenvalue weighted by Crippen LogP contribution is -2.30. The topological polar surface area (TPSA) is 41.6 Å². The summed E-state index contributed by atoms with van der Waals surface area (Å²) in [5.74, 6) is 0.421. The van der Waals surface area contributed by atoms with Crippen LogP contribution in [0.4, 0.5) is 18.9 Å². The number of fused-ring (bicyclic) bond motifs is 1. The zero-order valence-corrected chi connectivity index (χ0v) is 14.7. The molecular weight excluding hydrogens is 345 g/mol. The number of benzene rings is 1. The number of nitrogens with one attached hydrogen (secondary N) is 1. The number of halogens is 3. The van der Waals surface area contributed by atoms with Gasteiger partial charge in [-0.3, -0.25) is 4.79 Å². The third-order valence-electron chi connectivity index (χ3n) is 6.14. The molecule has 3 fully saturated rings. The molecule has 0 aromatic heterocycles. The van der Waals surface area contributed by atoms with Crippen LogP contribution in [0.5, 0.6) is 0 Å². The second-order valence-electron chi connectivity index (χ2n) is 7.58. The summed E-state index contributed by atoms with van der Waals surface area (Å²) in [7, 11) is 1.39. The van der Waals surface area contributed by atoms with Crippen molar-refractivity contribution < 1.29 is 22.7 Å². The molecule has 1 aromatic carbocycles. The quantitative estimate of drug-likeness (QED) is 0.833. The summed E-state index contributed by atoms with van der Waals surface area (Å²) in [6.07, 6.45) is -2.48. The van der Waals surface area contributed by atoms with Crippen molar-refractivity contribution in [1.82, 2.24) is 5.32 Å². The van der Waals surface area contributed by atoms with E-state index in [1.807, 2.05) is 4.90 Å². The van der Waals surface area contributed by atoms with E-state index in [4.69, 9.17) is 4.74 Å². The third kappa shape index (κ3) is 3.06. The van der Waals surface area contributed by atoms with Crippen molar-refractivity contribution in [2.45, 2.75) is 24.9 Å². The normalized spacial score (nSPS) is 28.8. The maximum absolute atomic E-state index is 13.2. The van der Waals surface area contributed by atoms with Gasteiger partial charge in [-0.1, -0.05) is 6.07 Å². The lowest BCUT2D eigenvalue weighted by Gasteiger charge is -2.31. The molecule has 1 saturated carbocycles. The van der Waals surface area contributed by atoms with Crippen molar-refractivity contribution in [3.8, 4) is 0 Å². The molecule has 0 bridgehead atoms. The molecule has 1 aliphatic carbocycles. The van der Waals surface area contributed by atoms with Gasteiger partial charge < -0.3 is 15.0 Å². The SMILES string of the molecule is COC(=O)[C@H]1[C@@H]2CN(c3cc(C(F)(F)F)ccc3C3CCNCC3)C[C@@H]21. The fraction of sp³-hybridized carbons (Fsp3) is 0.632. The largest absolute Gasteiger partial charge is 0.469 e. The molecule has 142 valence electrons. The minimum atomic E-state index is -4.35. The second-order valence-corrected chi connectivity index (χ2v) is 7.58. The van der Waals surface area contributed by atoms with E-state index in [1.54, 1.807) is 6.07 Å². The van der Waals surface area contributed by atoms with Gasteiger partial charge in [0.1, 0.15) is 0 Å². The molecule has 0 unspecified atom stereocenters. The number of methoxy groups -OCH3 is 1. The molecule has 2 saturated heterocycles. The van der Waals surface area contributed by atoms with Gasteiger partial charge in [-0.25, -0.2) is 0 Å². The Labute approximate surface area is 150 Å². The summed E-state index contributed by atoms with van der Waals surface area (Å²) in [6, 6.07) is 4.17. The van der Waals surface area contributed by atoms with Crippen LogP contribution in [0.15, 0.2) is 18.2 Å². The van der Waals surface area contributed by atoms with Gasteiger partial charge in [0.2, 0.25) is 0 Å². The van der Waals surface area contributed by atoms with Crippen LogP contribution in [0.1, 0.15) is 29.9 Å². The summed E-state index contributed by atoms with van der Waals surface area (Å²) in [4.78, 5) is 13.8. The Bertz CT molecular complexity index is 689. The van der Waals surface area contributed by atoms with Gasteiger partial charge in [-0.15, -0.1) is 0 Å². The Balaban J connectivity index is 1.60. The van der Waals surface area contributed by atoms with Gasteiger partial charge >= 0.3 is 12.1 Å². The van der Waals surface area contributed by atoms with Gasteiger partial charge in [0.25, 0.3) is 0 Å². The van der Waals surface area contributed by atoms with Crippen molar-refractivity contribution in [3.05, 3.63) is 29.3 Å². The molecule has 0 radical (unpaired) electrons. The maximum atomic E-state index is 13.2. The molecule has 7 heteroatoms. The summed E-state index contributed by atoms with van der Waals surface area (Å²) in [5, 5.41) is 3.30. The van der Waals surface area contributed by atoms with E-state index in [2.05, 4.69) is 5.32 Å². The van der Waals surface area contributed by atoms with E-state index in [-0.39, 0.29) is 29.6 Å². The Hall–Kier alpha value is -1.76. The molecule has 4 rings (SSSR count). The van der Waals surface area contributed by atoms with Crippen LogP contribution in [-0.4, -0.2) is 39.3 Å². The number of alkyl halides is 3.